The van der Waals surface area contributed by atoms with Gasteiger partial charge in [-0.3, -0.25) is 0 Å². The lowest BCUT2D eigenvalue weighted by Gasteiger charge is -1.98. The Labute approximate surface area is 128 Å². The van der Waals surface area contributed by atoms with Crippen molar-refractivity contribution >= 4 is 11.9 Å². The zero-order valence-electron chi connectivity index (χ0n) is 13.1. The van der Waals surface area contributed by atoms with Crippen molar-refractivity contribution in [1.29, 1.82) is 0 Å². The first kappa shape index (κ1) is 16.7. The fourth-order valence-corrected chi connectivity index (χ4v) is 1.73. The van der Waals surface area contributed by atoms with Crippen LogP contribution < -0.4 is 5.73 Å². The zero-order chi connectivity index (χ0) is 15.5. The molecule has 1 aromatic carbocycles. The van der Waals surface area contributed by atoms with Gasteiger partial charge in [-0.2, -0.15) is 0 Å². The van der Waals surface area contributed by atoms with E-state index in [2.05, 4.69) is 36.2 Å². The minimum Gasteiger partial charge on any atom is -0.384 e. The average Bonchev–Trinajstić information content (AvgIpc) is 2.51. The van der Waals surface area contributed by atoms with Gasteiger partial charge < -0.3 is 5.73 Å². The fraction of sp³-hybridized carbons (Fsp3) is 0.211. The van der Waals surface area contributed by atoms with E-state index < -0.39 is 0 Å². The molecule has 1 aromatic rings. The number of amidine groups is 1. The second-order valence-electron chi connectivity index (χ2n) is 4.58. The third-order valence-electron chi connectivity index (χ3n) is 2.89. The first-order chi connectivity index (χ1) is 10.2. The van der Waals surface area contributed by atoms with E-state index >= 15 is 0 Å². The number of benzene rings is 1. The van der Waals surface area contributed by atoms with Crippen LogP contribution in [0.5, 0.6) is 0 Å². The Morgan fingerprint density at radius 3 is 2.38 bits per heavy atom. The first-order valence-corrected chi connectivity index (χ1v) is 7.26. The van der Waals surface area contributed by atoms with Crippen molar-refractivity contribution < 1.29 is 0 Å². The molecule has 110 valence electrons. The Morgan fingerprint density at radius 2 is 1.81 bits per heavy atom. The van der Waals surface area contributed by atoms with Crippen molar-refractivity contribution in [1.82, 2.24) is 0 Å². The topological polar surface area (TPSA) is 38.4 Å². The molecule has 0 atom stereocenters. The number of hydrogen-bond donors (Lipinski definition) is 1. The Bertz CT molecular complexity index is 570. The monoisotopic (exact) mass is 280 g/mol. The van der Waals surface area contributed by atoms with Crippen LogP contribution in [0.4, 0.5) is 0 Å². The van der Waals surface area contributed by atoms with Crippen molar-refractivity contribution in [2.75, 3.05) is 0 Å². The summed E-state index contributed by atoms with van der Waals surface area (Å²) >= 11 is 0. The van der Waals surface area contributed by atoms with Gasteiger partial charge in [-0.05, 0) is 49.6 Å². The van der Waals surface area contributed by atoms with Gasteiger partial charge in [0.15, 0.2) is 0 Å². The lowest BCUT2D eigenvalue weighted by atomic mass is 10.1. The number of aliphatic imine (C=N–C) groups is 1. The van der Waals surface area contributed by atoms with Gasteiger partial charge in [0.1, 0.15) is 5.84 Å². The summed E-state index contributed by atoms with van der Waals surface area (Å²) in [6.07, 6.45) is 14.6. The summed E-state index contributed by atoms with van der Waals surface area (Å²) in [6.45, 7) is 6.08. The predicted octanol–water partition coefficient (Wildman–Crippen LogP) is 4.66. The van der Waals surface area contributed by atoms with Crippen LogP contribution in [0, 0.1) is 0 Å². The summed E-state index contributed by atoms with van der Waals surface area (Å²) in [5.74, 6) is 0.489. The van der Waals surface area contributed by atoms with Gasteiger partial charge in [0.05, 0.1) is 5.70 Å². The molecule has 2 nitrogen and oxygen atoms in total. The van der Waals surface area contributed by atoms with E-state index in [1.165, 1.54) is 5.56 Å². The van der Waals surface area contributed by atoms with Gasteiger partial charge in [0.25, 0.3) is 0 Å². The Morgan fingerprint density at radius 1 is 1.10 bits per heavy atom. The molecular weight excluding hydrogens is 256 g/mol. The van der Waals surface area contributed by atoms with Crippen molar-refractivity contribution in [3.8, 4) is 0 Å². The van der Waals surface area contributed by atoms with E-state index in [4.69, 9.17) is 5.73 Å². The van der Waals surface area contributed by atoms with Crippen LogP contribution in [0.25, 0.3) is 6.08 Å². The van der Waals surface area contributed by atoms with E-state index in [0.717, 1.165) is 17.7 Å². The number of nitrogens with zero attached hydrogens (tertiary/aromatic N) is 1. The number of allylic oxidation sites excluding steroid dienone is 5. The summed E-state index contributed by atoms with van der Waals surface area (Å²) in [6, 6.07) is 8.44. The highest BCUT2D eigenvalue weighted by Gasteiger charge is 1.92. The maximum atomic E-state index is 5.94. The maximum Gasteiger partial charge on any atom is 0.124 e. The lowest BCUT2D eigenvalue weighted by Crippen LogP contribution is -2.07. The molecule has 0 aromatic heterocycles. The predicted molar refractivity (Wildman–Crippen MR) is 94.2 cm³/mol. The van der Waals surface area contributed by atoms with E-state index in [0.29, 0.717) is 5.84 Å². The first-order valence-electron chi connectivity index (χ1n) is 7.26. The van der Waals surface area contributed by atoms with Crippen molar-refractivity contribution in [2.45, 2.75) is 27.2 Å². The summed E-state index contributed by atoms with van der Waals surface area (Å²) in [4.78, 5) is 4.38. The van der Waals surface area contributed by atoms with Crippen LogP contribution >= 0.6 is 0 Å². The minimum atomic E-state index is 0.489. The third-order valence-corrected chi connectivity index (χ3v) is 2.89. The maximum absolute atomic E-state index is 5.94. The molecule has 0 bridgehead atoms. The van der Waals surface area contributed by atoms with E-state index in [1.54, 1.807) is 0 Å². The molecule has 0 heterocycles. The minimum absolute atomic E-state index is 0.489. The Hall–Kier alpha value is -2.35. The summed E-state index contributed by atoms with van der Waals surface area (Å²) in [5, 5.41) is 0. The molecule has 0 spiro atoms. The molecule has 0 aliphatic heterocycles. The lowest BCUT2D eigenvalue weighted by molar-refractivity contribution is 1.14. The van der Waals surface area contributed by atoms with Gasteiger partial charge in [-0.1, -0.05) is 55.5 Å². The molecule has 0 fully saturated rings. The summed E-state index contributed by atoms with van der Waals surface area (Å²) in [5.41, 5.74) is 9.23. The van der Waals surface area contributed by atoms with Crippen LogP contribution in [0.1, 0.15) is 31.9 Å². The highest BCUT2D eigenvalue weighted by atomic mass is 14.8. The van der Waals surface area contributed by atoms with Gasteiger partial charge in [0.2, 0.25) is 0 Å². The third kappa shape index (κ3) is 6.57. The number of nitrogens with two attached hydrogens (primary N) is 1. The van der Waals surface area contributed by atoms with Crippen LogP contribution in [-0.2, 0) is 6.42 Å². The van der Waals surface area contributed by atoms with Gasteiger partial charge in [0, 0.05) is 0 Å². The fourth-order valence-electron chi connectivity index (χ4n) is 1.73. The molecule has 0 saturated carbocycles. The normalized spacial score (nSPS) is 13.9. The van der Waals surface area contributed by atoms with E-state index in [-0.39, 0.29) is 0 Å². The van der Waals surface area contributed by atoms with Crippen molar-refractivity contribution in [2.24, 2.45) is 10.7 Å². The molecule has 0 aliphatic carbocycles. The standard InChI is InChI=1S/C19H24N2/c1-4-7-9-18(8-5-2)21-19(20)15-14-17-12-10-16(6-3)11-13-17/h4-5,7-15H,6H2,1-3H3,(H2,20,21)/b7-4-,8-5-,15-14+,18-9+. The van der Waals surface area contributed by atoms with Gasteiger partial charge >= 0.3 is 0 Å². The largest absolute Gasteiger partial charge is 0.384 e. The highest BCUT2D eigenvalue weighted by molar-refractivity contribution is 5.95. The average molecular weight is 280 g/mol. The van der Waals surface area contributed by atoms with Crippen molar-refractivity contribution in [3.05, 3.63) is 77.5 Å². The van der Waals surface area contributed by atoms with Gasteiger partial charge in [-0.15, -0.1) is 0 Å². The van der Waals surface area contributed by atoms with Crippen molar-refractivity contribution in [3.63, 3.8) is 0 Å². The zero-order valence-corrected chi connectivity index (χ0v) is 13.1. The van der Waals surface area contributed by atoms with E-state index in [1.807, 2.05) is 56.4 Å². The molecule has 0 unspecified atom stereocenters. The number of aryl methyl sites for hydroxylation is 1. The SMILES string of the molecule is C\C=C/C=C(\C=C/C)/N=C(N)/C=C/c1ccc(CC)cc1. The molecule has 0 aliphatic rings. The highest BCUT2D eigenvalue weighted by Crippen LogP contribution is 2.07. The summed E-state index contributed by atoms with van der Waals surface area (Å²) < 4.78 is 0. The molecule has 0 saturated heterocycles. The number of hydrogen-bond acceptors (Lipinski definition) is 1. The molecule has 2 N–H and O–H groups in total. The van der Waals surface area contributed by atoms with Crippen LogP contribution in [0.15, 0.2) is 71.4 Å². The van der Waals surface area contributed by atoms with Crippen LogP contribution in [0.3, 0.4) is 0 Å². The molecule has 2 heteroatoms. The summed E-state index contributed by atoms with van der Waals surface area (Å²) in [7, 11) is 0. The Balaban J connectivity index is 2.83. The molecule has 0 radical (unpaired) electrons. The van der Waals surface area contributed by atoms with Crippen LogP contribution in [-0.4, -0.2) is 5.84 Å². The second-order valence-corrected chi connectivity index (χ2v) is 4.58. The smallest absolute Gasteiger partial charge is 0.124 e. The Kier molecular flexibility index (Phi) is 7.59. The molecule has 21 heavy (non-hydrogen) atoms. The van der Waals surface area contributed by atoms with Gasteiger partial charge in [-0.25, -0.2) is 4.99 Å². The quantitative estimate of drug-likeness (QED) is 0.459. The van der Waals surface area contributed by atoms with Crippen LogP contribution in [0.2, 0.25) is 0 Å². The second kappa shape index (κ2) is 9.54. The van der Waals surface area contributed by atoms with E-state index in [9.17, 15) is 0 Å². The molecule has 0 amide bonds. The molecule has 1 rings (SSSR count). The number of rotatable bonds is 6. The molecular formula is C19H24N2.